The smallest absolute Gasteiger partial charge is 0.294 e. The number of anilines is 1. The van der Waals surface area contributed by atoms with Crippen molar-refractivity contribution in [2.24, 2.45) is 5.41 Å². The molecule has 1 unspecified atom stereocenters. The van der Waals surface area contributed by atoms with Crippen molar-refractivity contribution in [3.05, 3.63) is 76.5 Å². The molecule has 0 saturated heterocycles. The summed E-state index contributed by atoms with van der Waals surface area (Å²) < 4.78 is 41.3. The van der Waals surface area contributed by atoms with Crippen LogP contribution in [0.4, 0.5) is 18.9 Å². The number of halogens is 3. The third-order valence-corrected chi connectivity index (χ3v) is 6.16. The lowest BCUT2D eigenvalue weighted by Gasteiger charge is -2.43. The second-order valence-corrected chi connectivity index (χ2v) is 9.16. The summed E-state index contributed by atoms with van der Waals surface area (Å²) in [7, 11) is 0. The van der Waals surface area contributed by atoms with Gasteiger partial charge in [0.05, 0.1) is 11.3 Å². The van der Waals surface area contributed by atoms with Crippen molar-refractivity contribution in [3.63, 3.8) is 0 Å². The van der Waals surface area contributed by atoms with Crippen LogP contribution in [0.2, 0.25) is 0 Å². The number of Topliss-reactive ketones (excluding diaryl/α,β-unsaturated/α-hetero) is 1. The molecule has 1 heterocycles. The summed E-state index contributed by atoms with van der Waals surface area (Å²) in [4.78, 5) is 27.8. The Kier molecular flexibility index (Phi) is 5.07. The lowest BCUT2D eigenvalue weighted by atomic mass is 9.68. The van der Waals surface area contributed by atoms with Crippen LogP contribution >= 0.6 is 0 Å². The molecular weight excluding hydrogens is 403 g/mol. The molecule has 0 fully saturated rings. The van der Waals surface area contributed by atoms with Gasteiger partial charge in [-0.15, -0.1) is 0 Å². The quantitative estimate of drug-likeness (QED) is 0.574. The number of allylic oxidation sites excluding steroid dienone is 2. The molecule has 0 radical (unpaired) electrons. The Hall–Kier alpha value is -2.89. The van der Waals surface area contributed by atoms with Crippen LogP contribution in [-0.4, -0.2) is 11.7 Å². The van der Waals surface area contributed by atoms with Crippen LogP contribution in [0.3, 0.4) is 0 Å². The molecule has 0 N–H and O–H groups in total. The van der Waals surface area contributed by atoms with E-state index in [0.717, 1.165) is 22.1 Å². The standard InChI is InChI=1S/C25H24F3NO2/c1-15-8-4-5-9-16(15)17-12-22(31)29(19-11-7-6-10-18(19)25(26,27)28)20-13-24(2,3)14-21(30)23(17)20/h4-11,17H,12-14H2,1-3H3. The fourth-order valence-corrected chi connectivity index (χ4v) is 4.85. The number of amides is 1. The molecule has 0 saturated carbocycles. The van der Waals surface area contributed by atoms with Gasteiger partial charge < -0.3 is 0 Å². The lowest BCUT2D eigenvalue weighted by Crippen LogP contribution is -2.44. The zero-order valence-electron chi connectivity index (χ0n) is 17.7. The van der Waals surface area contributed by atoms with Crippen molar-refractivity contribution < 1.29 is 22.8 Å². The SMILES string of the molecule is Cc1ccccc1C1CC(=O)N(c2ccccc2C(F)(F)F)C2=C1C(=O)CC(C)(C)C2. The van der Waals surface area contributed by atoms with Crippen LogP contribution in [0, 0.1) is 12.3 Å². The summed E-state index contributed by atoms with van der Waals surface area (Å²) in [5, 5.41) is 0. The van der Waals surface area contributed by atoms with Crippen molar-refractivity contribution in [1.82, 2.24) is 0 Å². The summed E-state index contributed by atoms with van der Waals surface area (Å²) in [6.45, 7) is 5.73. The fourth-order valence-electron chi connectivity index (χ4n) is 4.85. The molecule has 1 atom stereocenters. The highest BCUT2D eigenvalue weighted by atomic mass is 19.4. The van der Waals surface area contributed by atoms with Gasteiger partial charge in [0.25, 0.3) is 0 Å². The van der Waals surface area contributed by atoms with Crippen LogP contribution in [0.5, 0.6) is 0 Å². The average Bonchev–Trinajstić information content (AvgIpc) is 2.66. The maximum absolute atomic E-state index is 13.8. The van der Waals surface area contributed by atoms with E-state index in [1.807, 2.05) is 45.0 Å². The largest absolute Gasteiger partial charge is 0.418 e. The molecule has 2 aromatic carbocycles. The van der Waals surface area contributed by atoms with Crippen LogP contribution < -0.4 is 4.90 Å². The zero-order chi connectivity index (χ0) is 22.6. The van der Waals surface area contributed by atoms with E-state index in [1.54, 1.807) is 0 Å². The van der Waals surface area contributed by atoms with Crippen LogP contribution in [-0.2, 0) is 15.8 Å². The number of rotatable bonds is 2. The van der Waals surface area contributed by atoms with Gasteiger partial charge >= 0.3 is 6.18 Å². The monoisotopic (exact) mass is 427 g/mol. The average molecular weight is 427 g/mol. The maximum atomic E-state index is 13.8. The van der Waals surface area contributed by atoms with Gasteiger partial charge in [0, 0.05) is 30.0 Å². The molecule has 0 spiro atoms. The van der Waals surface area contributed by atoms with Gasteiger partial charge in [-0.2, -0.15) is 13.2 Å². The van der Waals surface area contributed by atoms with Gasteiger partial charge in [-0.1, -0.05) is 50.2 Å². The number of benzene rings is 2. The Morgan fingerprint density at radius 3 is 2.29 bits per heavy atom. The molecule has 0 bridgehead atoms. The van der Waals surface area contributed by atoms with Crippen molar-refractivity contribution in [2.75, 3.05) is 4.90 Å². The number of hydrogen-bond acceptors (Lipinski definition) is 2. The Bertz CT molecular complexity index is 1100. The Labute approximate surface area is 179 Å². The van der Waals surface area contributed by atoms with E-state index in [9.17, 15) is 22.8 Å². The normalized spacial score (nSPS) is 21.4. The number of hydrogen-bond donors (Lipinski definition) is 0. The summed E-state index contributed by atoms with van der Waals surface area (Å²) in [5.74, 6) is -0.961. The molecule has 4 rings (SSSR count). The zero-order valence-corrected chi connectivity index (χ0v) is 17.7. The van der Waals surface area contributed by atoms with Gasteiger partial charge in [-0.25, -0.2) is 0 Å². The Morgan fingerprint density at radius 1 is 0.968 bits per heavy atom. The first-order valence-corrected chi connectivity index (χ1v) is 10.3. The summed E-state index contributed by atoms with van der Waals surface area (Å²) in [6, 6.07) is 12.6. The van der Waals surface area contributed by atoms with Crippen molar-refractivity contribution in [2.45, 2.75) is 52.1 Å². The van der Waals surface area contributed by atoms with Crippen LogP contribution in [0.15, 0.2) is 59.8 Å². The predicted octanol–water partition coefficient (Wildman–Crippen LogP) is 6.18. The van der Waals surface area contributed by atoms with E-state index >= 15 is 0 Å². The minimum atomic E-state index is -4.61. The molecule has 6 heteroatoms. The first-order chi connectivity index (χ1) is 14.5. The first kappa shape index (κ1) is 21.3. The maximum Gasteiger partial charge on any atom is 0.418 e. The van der Waals surface area contributed by atoms with Gasteiger partial charge in [0.1, 0.15) is 0 Å². The highest BCUT2D eigenvalue weighted by molar-refractivity contribution is 6.08. The molecular formula is C25H24F3NO2. The molecule has 1 aliphatic carbocycles. The van der Waals surface area contributed by atoms with Crippen molar-refractivity contribution in [3.8, 4) is 0 Å². The van der Waals surface area contributed by atoms with E-state index in [0.29, 0.717) is 24.1 Å². The Morgan fingerprint density at radius 2 is 1.61 bits per heavy atom. The summed E-state index contributed by atoms with van der Waals surface area (Å²) >= 11 is 0. The highest BCUT2D eigenvalue weighted by Crippen LogP contribution is 2.50. The van der Waals surface area contributed by atoms with Crippen LogP contribution in [0.25, 0.3) is 0 Å². The number of carbonyl (C=O) groups is 2. The van der Waals surface area contributed by atoms with Gasteiger partial charge in [-0.05, 0) is 42.0 Å². The van der Waals surface area contributed by atoms with Crippen LogP contribution in [0.1, 0.15) is 55.7 Å². The topological polar surface area (TPSA) is 37.4 Å². The lowest BCUT2D eigenvalue weighted by molar-refractivity contribution is -0.137. The van der Waals surface area contributed by atoms with Gasteiger partial charge in [0.15, 0.2) is 5.78 Å². The molecule has 1 amide bonds. The number of para-hydroxylation sites is 1. The summed E-state index contributed by atoms with van der Waals surface area (Å²) in [6.07, 6.45) is -3.99. The Balaban J connectivity index is 1.96. The number of ketones is 1. The van der Waals surface area contributed by atoms with Gasteiger partial charge in [-0.3, -0.25) is 14.5 Å². The minimum absolute atomic E-state index is 0.0396. The van der Waals surface area contributed by atoms with Gasteiger partial charge in [0.2, 0.25) is 5.91 Å². The molecule has 3 nitrogen and oxygen atoms in total. The molecule has 2 aromatic rings. The minimum Gasteiger partial charge on any atom is -0.294 e. The first-order valence-electron chi connectivity index (χ1n) is 10.3. The second kappa shape index (κ2) is 7.36. The van der Waals surface area contributed by atoms with E-state index in [2.05, 4.69) is 0 Å². The molecule has 162 valence electrons. The fraction of sp³-hybridized carbons (Fsp3) is 0.360. The van der Waals surface area contributed by atoms with E-state index in [4.69, 9.17) is 0 Å². The van der Waals surface area contributed by atoms with Crippen molar-refractivity contribution >= 4 is 17.4 Å². The van der Waals surface area contributed by atoms with E-state index in [1.165, 1.54) is 18.2 Å². The van der Waals surface area contributed by atoms with Crippen molar-refractivity contribution in [1.29, 1.82) is 0 Å². The second-order valence-electron chi connectivity index (χ2n) is 9.16. The predicted molar refractivity (Wildman–Crippen MR) is 113 cm³/mol. The summed E-state index contributed by atoms with van der Waals surface area (Å²) in [5.41, 5.74) is 1.18. The third kappa shape index (κ3) is 3.80. The number of alkyl halides is 3. The third-order valence-electron chi connectivity index (χ3n) is 6.16. The van der Waals surface area contributed by atoms with E-state index < -0.39 is 29.0 Å². The number of aryl methyl sites for hydroxylation is 1. The highest BCUT2D eigenvalue weighted by Gasteiger charge is 2.46. The number of carbonyl (C=O) groups excluding carboxylic acids is 2. The van der Waals surface area contributed by atoms with E-state index in [-0.39, 0.29) is 17.9 Å². The number of nitrogens with zero attached hydrogens (tertiary/aromatic N) is 1. The molecule has 2 aliphatic rings. The molecule has 1 aliphatic heterocycles. The molecule has 31 heavy (non-hydrogen) atoms. The molecule has 0 aromatic heterocycles.